The molecular formula is C23H35N3O12Si. The van der Waals surface area contributed by atoms with Gasteiger partial charge in [0, 0.05) is 12.0 Å². The van der Waals surface area contributed by atoms with Gasteiger partial charge in [-0.2, -0.15) is 0 Å². The summed E-state index contributed by atoms with van der Waals surface area (Å²) in [5.41, 5.74) is -1.08. The molecule has 2 rings (SSSR count). The molecule has 0 aromatic heterocycles. The van der Waals surface area contributed by atoms with Crippen molar-refractivity contribution in [1.29, 1.82) is 0 Å². The van der Waals surface area contributed by atoms with E-state index in [9.17, 15) is 20.3 Å². The van der Waals surface area contributed by atoms with Crippen molar-refractivity contribution in [3.8, 4) is 0 Å². The van der Waals surface area contributed by atoms with Crippen LogP contribution >= 0.6 is 0 Å². The number of aliphatic hydroxyl groups excluding tert-OH is 2. The molecule has 2 aromatic carbocycles. The molecule has 0 fully saturated rings. The van der Waals surface area contributed by atoms with E-state index in [2.05, 4.69) is 49.9 Å². The minimum atomic E-state index is -2.67. The lowest BCUT2D eigenvalue weighted by Crippen LogP contribution is -2.66. The van der Waals surface area contributed by atoms with E-state index in [1.807, 2.05) is 36.4 Å². The van der Waals surface area contributed by atoms with Crippen molar-refractivity contribution in [3.63, 3.8) is 0 Å². The molecule has 2 aromatic rings. The standard InChI is InChI=1S/C23H33NO6Si.2HNO3/c1-22(2,3)31(20-11-6-4-7-12-20,21-13-8-5-9-14-21)30-16-10-15-23(17-25,18-26)19-29-24(27)28;2*2-1(3)4/h4-9,11-14,25-26H,10,15-19H2,1-3H3;2*(H,2,3,4). The number of nitrogens with zero attached hydrogens (tertiary/aromatic N) is 3. The molecule has 15 nitrogen and oxygen atoms in total. The number of rotatable bonds is 12. The highest BCUT2D eigenvalue weighted by molar-refractivity contribution is 6.99. The van der Waals surface area contributed by atoms with E-state index in [-0.39, 0.29) is 11.6 Å². The fraction of sp³-hybridized carbons (Fsp3) is 0.478. The van der Waals surface area contributed by atoms with Gasteiger partial charge >= 0.3 is 0 Å². The summed E-state index contributed by atoms with van der Waals surface area (Å²) in [4.78, 5) is 31.7. The van der Waals surface area contributed by atoms with Gasteiger partial charge in [-0.3, -0.25) is 0 Å². The van der Waals surface area contributed by atoms with Crippen molar-refractivity contribution in [2.24, 2.45) is 5.41 Å². The average Bonchev–Trinajstić information content (AvgIpc) is 2.86. The highest BCUT2D eigenvalue weighted by Gasteiger charge is 2.50. The van der Waals surface area contributed by atoms with E-state index in [0.717, 1.165) is 0 Å². The monoisotopic (exact) mass is 573 g/mol. The summed E-state index contributed by atoms with van der Waals surface area (Å²) in [6.45, 7) is 5.80. The zero-order valence-corrected chi connectivity index (χ0v) is 22.9. The maximum Gasteiger partial charge on any atom is 0.294 e. The van der Waals surface area contributed by atoms with Crippen LogP contribution in [0.2, 0.25) is 5.04 Å². The van der Waals surface area contributed by atoms with Crippen molar-refractivity contribution in [3.05, 3.63) is 91.0 Å². The van der Waals surface area contributed by atoms with Gasteiger partial charge in [0.2, 0.25) is 0 Å². The van der Waals surface area contributed by atoms with Crippen molar-refractivity contribution in [2.45, 2.75) is 38.7 Å². The van der Waals surface area contributed by atoms with Gasteiger partial charge in [0.15, 0.2) is 0 Å². The molecule has 0 amide bonds. The van der Waals surface area contributed by atoms with Gasteiger partial charge < -0.3 is 29.9 Å². The second-order valence-corrected chi connectivity index (χ2v) is 13.7. The molecule has 0 aliphatic heterocycles. The molecular weight excluding hydrogens is 538 g/mol. The fourth-order valence-electron chi connectivity index (χ4n) is 4.00. The third-order valence-electron chi connectivity index (χ3n) is 5.73. The predicted octanol–water partition coefficient (Wildman–Crippen LogP) is 1.83. The molecule has 16 heteroatoms. The Kier molecular flexibility index (Phi) is 15.2. The van der Waals surface area contributed by atoms with Crippen molar-refractivity contribution >= 4 is 18.7 Å². The van der Waals surface area contributed by atoms with Gasteiger partial charge in [0.1, 0.15) is 6.61 Å². The smallest absolute Gasteiger partial charge is 0.294 e. The number of hydrogen-bond acceptors (Lipinski definition) is 10. The lowest BCUT2D eigenvalue weighted by atomic mass is 9.86. The maximum absolute atomic E-state index is 10.6. The van der Waals surface area contributed by atoms with Crippen LogP contribution in [0, 0.1) is 35.8 Å². The highest BCUT2D eigenvalue weighted by Crippen LogP contribution is 2.37. The third-order valence-corrected chi connectivity index (χ3v) is 10.8. The Morgan fingerprint density at radius 2 is 1.18 bits per heavy atom. The molecule has 0 atom stereocenters. The average molecular weight is 574 g/mol. The van der Waals surface area contributed by atoms with Gasteiger partial charge in [0.05, 0.1) is 13.2 Å². The van der Waals surface area contributed by atoms with Crippen LogP contribution in [0.15, 0.2) is 60.7 Å². The molecule has 0 radical (unpaired) electrons. The number of benzene rings is 2. The molecule has 0 spiro atoms. The van der Waals surface area contributed by atoms with Crippen LogP contribution in [0.4, 0.5) is 0 Å². The minimum absolute atomic E-state index is 0.157. The Bertz CT molecular complexity index is 943. The topological polar surface area (TPSA) is 229 Å². The van der Waals surface area contributed by atoms with Gasteiger partial charge in [-0.1, -0.05) is 81.4 Å². The van der Waals surface area contributed by atoms with Crippen LogP contribution in [0.25, 0.3) is 0 Å². The molecule has 218 valence electrons. The summed E-state index contributed by atoms with van der Waals surface area (Å²) in [5.74, 6) is 0. The second kappa shape index (κ2) is 16.9. The minimum Gasteiger partial charge on any atom is -0.407 e. The highest BCUT2D eigenvalue weighted by atomic mass is 28.4. The third kappa shape index (κ3) is 12.0. The first kappa shape index (κ1) is 35.1. The van der Waals surface area contributed by atoms with Crippen LogP contribution in [-0.2, 0) is 9.26 Å². The fourth-order valence-corrected chi connectivity index (χ4v) is 8.60. The van der Waals surface area contributed by atoms with Crippen molar-refractivity contribution in [2.75, 3.05) is 26.4 Å². The van der Waals surface area contributed by atoms with E-state index in [0.29, 0.717) is 19.4 Å². The first-order valence-electron chi connectivity index (χ1n) is 11.6. The van der Waals surface area contributed by atoms with E-state index < -0.39 is 42.2 Å². The first-order chi connectivity index (χ1) is 18.2. The van der Waals surface area contributed by atoms with Crippen LogP contribution in [-0.4, -0.2) is 70.6 Å². The Labute approximate surface area is 225 Å². The SMILES string of the molecule is CC(C)(C)[Si](OCCCC(CO)(CO)CO[N+](=O)[O-])(c1ccccc1)c1ccccc1.O=[N+]([O-])O.O=[N+]([O-])O. The predicted molar refractivity (Wildman–Crippen MR) is 140 cm³/mol. The quantitative estimate of drug-likeness (QED) is 0.123. The van der Waals surface area contributed by atoms with Crippen molar-refractivity contribution in [1.82, 2.24) is 0 Å². The maximum atomic E-state index is 10.6. The summed E-state index contributed by atoms with van der Waals surface area (Å²) in [7, 11) is -2.67. The molecule has 0 saturated heterocycles. The lowest BCUT2D eigenvalue weighted by Gasteiger charge is -2.43. The second-order valence-electron chi connectivity index (χ2n) is 9.40. The molecule has 4 N–H and O–H groups in total. The number of hydrogen-bond donors (Lipinski definition) is 4. The number of aliphatic hydroxyl groups is 2. The molecule has 0 unspecified atom stereocenters. The van der Waals surface area contributed by atoms with Gasteiger partial charge in [-0.25, -0.2) is 0 Å². The normalized spacial score (nSPS) is 11.2. The lowest BCUT2D eigenvalue weighted by molar-refractivity contribution is -0.761. The molecule has 0 aliphatic rings. The zero-order chi connectivity index (χ0) is 30.1. The Morgan fingerprint density at radius 3 is 1.49 bits per heavy atom. The van der Waals surface area contributed by atoms with Crippen LogP contribution < -0.4 is 10.4 Å². The summed E-state index contributed by atoms with van der Waals surface area (Å²) in [6.07, 6.45) is 0.860. The zero-order valence-electron chi connectivity index (χ0n) is 21.9. The molecule has 0 bridgehead atoms. The van der Waals surface area contributed by atoms with E-state index in [4.69, 9.17) is 35.1 Å². The summed E-state index contributed by atoms with van der Waals surface area (Å²) < 4.78 is 6.78. The summed E-state index contributed by atoms with van der Waals surface area (Å²) in [6, 6.07) is 20.5. The molecule has 0 saturated carbocycles. The van der Waals surface area contributed by atoms with Crippen LogP contribution in [0.3, 0.4) is 0 Å². The molecule has 39 heavy (non-hydrogen) atoms. The summed E-state index contributed by atoms with van der Waals surface area (Å²) in [5, 5.41) is 58.6. The Hall–Kier alpha value is -3.86. The van der Waals surface area contributed by atoms with Gasteiger partial charge in [-0.05, 0) is 28.3 Å². The molecule has 0 heterocycles. The van der Waals surface area contributed by atoms with Gasteiger partial charge in [-0.15, -0.1) is 30.3 Å². The van der Waals surface area contributed by atoms with Crippen molar-refractivity contribution < 1.29 is 45.2 Å². The van der Waals surface area contributed by atoms with E-state index in [1.165, 1.54) is 10.4 Å². The van der Waals surface area contributed by atoms with Gasteiger partial charge in [0.25, 0.3) is 23.6 Å². The largest absolute Gasteiger partial charge is 0.407 e. The Morgan fingerprint density at radius 1 is 0.795 bits per heavy atom. The molecule has 0 aliphatic carbocycles. The van der Waals surface area contributed by atoms with Crippen LogP contribution in [0.1, 0.15) is 33.6 Å². The summed E-state index contributed by atoms with van der Waals surface area (Å²) >= 11 is 0. The van der Waals surface area contributed by atoms with E-state index >= 15 is 0 Å². The Balaban J connectivity index is 0.00000159. The van der Waals surface area contributed by atoms with Crippen LogP contribution in [0.5, 0.6) is 0 Å². The first-order valence-corrected chi connectivity index (χ1v) is 13.5. The van der Waals surface area contributed by atoms with E-state index in [1.54, 1.807) is 0 Å².